The number of likely N-dealkylation sites (N-methyl/N-ethyl adjacent to an activating group) is 1. The van der Waals surface area contributed by atoms with Crippen molar-refractivity contribution < 1.29 is 18.3 Å². The van der Waals surface area contributed by atoms with Gasteiger partial charge in [0.25, 0.3) is 0 Å². The van der Waals surface area contributed by atoms with E-state index in [9.17, 15) is 13.5 Å². The fraction of sp³-hybridized carbons (Fsp3) is 0.714. The van der Waals surface area contributed by atoms with Crippen LogP contribution in [0.2, 0.25) is 0 Å². The number of hydrogen-bond donors (Lipinski definition) is 1. The lowest BCUT2D eigenvalue weighted by molar-refractivity contribution is 0.0947. The first-order valence-electron chi connectivity index (χ1n) is 7.44. The third-order valence-corrected chi connectivity index (χ3v) is 5.79. The Morgan fingerprint density at radius 3 is 2.71 bits per heavy atom. The van der Waals surface area contributed by atoms with Gasteiger partial charge in [0.05, 0.1) is 12.7 Å². The SMILES string of the molecule is CCN(CC1CCCO1)S(=O)(=O)c1cc(CO)n(CC)c1. The van der Waals surface area contributed by atoms with Crippen molar-refractivity contribution in [3.63, 3.8) is 0 Å². The van der Waals surface area contributed by atoms with Crippen LogP contribution in [-0.2, 0) is 27.9 Å². The van der Waals surface area contributed by atoms with Gasteiger partial charge in [0, 0.05) is 38.1 Å². The highest BCUT2D eigenvalue weighted by Crippen LogP contribution is 2.22. The molecular weight excluding hydrogens is 292 g/mol. The molecule has 1 saturated heterocycles. The molecule has 6 nitrogen and oxygen atoms in total. The highest BCUT2D eigenvalue weighted by molar-refractivity contribution is 7.89. The van der Waals surface area contributed by atoms with Gasteiger partial charge in [-0.3, -0.25) is 0 Å². The number of nitrogens with zero attached hydrogens (tertiary/aromatic N) is 2. The maximum Gasteiger partial charge on any atom is 0.244 e. The first kappa shape index (κ1) is 16.5. The van der Waals surface area contributed by atoms with E-state index in [1.165, 1.54) is 4.31 Å². The van der Waals surface area contributed by atoms with Crippen molar-refractivity contribution in [1.82, 2.24) is 8.87 Å². The van der Waals surface area contributed by atoms with Gasteiger partial charge in [0.15, 0.2) is 0 Å². The van der Waals surface area contributed by atoms with E-state index in [0.717, 1.165) is 12.8 Å². The summed E-state index contributed by atoms with van der Waals surface area (Å²) in [5, 5.41) is 9.30. The fourth-order valence-electron chi connectivity index (χ4n) is 2.65. The molecule has 1 aliphatic rings. The second-order valence-corrected chi connectivity index (χ2v) is 7.14. The average molecular weight is 316 g/mol. The lowest BCUT2D eigenvalue weighted by Gasteiger charge is -2.22. The minimum absolute atomic E-state index is 0.00898. The second kappa shape index (κ2) is 6.91. The standard InChI is InChI=1S/C14H24N2O4S/c1-3-15-10-14(8-12(15)11-17)21(18,19)16(4-2)9-13-6-5-7-20-13/h8,10,13,17H,3-7,9,11H2,1-2H3. The maximum atomic E-state index is 12.7. The number of aliphatic hydroxyl groups is 1. The molecule has 1 unspecified atom stereocenters. The molecule has 2 heterocycles. The summed E-state index contributed by atoms with van der Waals surface area (Å²) in [6.45, 7) is 5.72. The van der Waals surface area contributed by atoms with Crippen LogP contribution in [0.3, 0.4) is 0 Å². The van der Waals surface area contributed by atoms with Crippen molar-refractivity contribution in [1.29, 1.82) is 0 Å². The molecule has 1 N–H and O–H groups in total. The number of ether oxygens (including phenoxy) is 1. The van der Waals surface area contributed by atoms with E-state index in [2.05, 4.69) is 0 Å². The zero-order valence-corrected chi connectivity index (χ0v) is 13.5. The van der Waals surface area contributed by atoms with Crippen LogP contribution in [0.15, 0.2) is 17.2 Å². The summed E-state index contributed by atoms with van der Waals surface area (Å²) >= 11 is 0. The summed E-state index contributed by atoms with van der Waals surface area (Å²) < 4.78 is 34.2. The molecule has 0 spiro atoms. The third kappa shape index (κ3) is 3.48. The van der Waals surface area contributed by atoms with Gasteiger partial charge in [0.1, 0.15) is 4.90 Å². The van der Waals surface area contributed by atoms with Crippen molar-refractivity contribution in [2.75, 3.05) is 19.7 Å². The van der Waals surface area contributed by atoms with Gasteiger partial charge < -0.3 is 14.4 Å². The summed E-state index contributed by atoms with van der Waals surface area (Å²) in [7, 11) is -3.54. The summed E-state index contributed by atoms with van der Waals surface area (Å²) in [6.07, 6.45) is 3.48. The van der Waals surface area contributed by atoms with Crippen LogP contribution in [-0.4, -0.2) is 48.2 Å². The highest BCUT2D eigenvalue weighted by atomic mass is 32.2. The van der Waals surface area contributed by atoms with Crippen molar-refractivity contribution >= 4 is 10.0 Å². The van der Waals surface area contributed by atoms with E-state index in [4.69, 9.17) is 4.74 Å². The fourth-order valence-corrected chi connectivity index (χ4v) is 4.20. The highest BCUT2D eigenvalue weighted by Gasteiger charge is 2.29. The molecule has 1 atom stereocenters. The van der Waals surface area contributed by atoms with Gasteiger partial charge >= 0.3 is 0 Å². The molecule has 2 rings (SSSR count). The Bertz CT molecular complexity index is 540. The Kier molecular flexibility index (Phi) is 5.43. The quantitative estimate of drug-likeness (QED) is 0.820. The van der Waals surface area contributed by atoms with Crippen LogP contribution < -0.4 is 0 Å². The van der Waals surface area contributed by atoms with E-state index < -0.39 is 10.0 Å². The molecule has 21 heavy (non-hydrogen) atoms. The minimum Gasteiger partial charge on any atom is -0.390 e. The van der Waals surface area contributed by atoms with Crippen LogP contribution in [0.1, 0.15) is 32.4 Å². The van der Waals surface area contributed by atoms with Crippen LogP contribution in [0.25, 0.3) is 0 Å². The Morgan fingerprint density at radius 1 is 1.48 bits per heavy atom. The summed E-state index contributed by atoms with van der Waals surface area (Å²) in [4.78, 5) is 0.244. The lowest BCUT2D eigenvalue weighted by Crippen LogP contribution is -2.37. The molecule has 0 radical (unpaired) electrons. The first-order chi connectivity index (χ1) is 10.0. The van der Waals surface area contributed by atoms with Gasteiger partial charge in [-0.15, -0.1) is 0 Å². The Labute approximate surface area is 126 Å². The maximum absolute atomic E-state index is 12.7. The number of aryl methyl sites for hydroxylation is 1. The molecule has 0 aromatic carbocycles. The Hall–Kier alpha value is -0.890. The number of aliphatic hydroxyl groups excluding tert-OH is 1. The molecule has 1 fully saturated rings. The molecule has 0 bridgehead atoms. The summed E-state index contributed by atoms with van der Waals surface area (Å²) in [5.41, 5.74) is 0.615. The number of aromatic nitrogens is 1. The normalized spacial score (nSPS) is 19.5. The predicted molar refractivity (Wildman–Crippen MR) is 79.4 cm³/mol. The van der Waals surface area contributed by atoms with Crippen LogP contribution in [0, 0.1) is 0 Å². The largest absolute Gasteiger partial charge is 0.390 e. The zero-order chi connectivity index (χ0) is 15.5. The van der Waals surface area contributed by atoms with Gasteiger partial charge in [-0.05, 0) is 25.8 Å². The Morgan fingerprint density at radius 2 is 2.24 bits per heavy atom. The molecule has 1 aliphatic heterocycles. The number of rotatable bonds is 7. The minimum atomic E-state index is -3.54. The summed E-state index contributed by atoms with van der Waals surface area (Å²) in [5.74, 6) is 0. The van der Waals surface area contributed by atoms with Crippen LogP contribution in [0.4, 0.5) is 0 Å². The van der Waals surface area contributed by atoms with Gasteiger partial charge in [-0.2, -0.15) is 4.31 Å². The van der Waals surface area contributed by atoms with E-state index in [-0.39, 0.29) is 17.6 Å². The van der Waals surface area contributed by atoms with Crippen LogP contribution >= 0.6 is 0 Å². The molecule has 1 aromatic heterocycles. The van der Waals surface area contributed by atoms with Gasteiger partial charge in [0.2, 0.25) is 10.0 Å². The molecule has 0 aliphatic carbocycles. The second-order valence-electron chi connectivity index (χ2n) is 5.20. The first-order valence-corrected chi connectivity index (χ1v) is 8.88. The molecule has 7 heteroatoms. The van der Waals surface area contributed by atoms with Gasteiger partial charge in [-0.25, -0.2) is 8.42 Å². The number of hydrogen-bond acceptors (Lipinski definition) is 4. The lowest BCUT2D eigenvalue weighted by atomic mass is 10.2. The van der Waals surface area contributed by atoms with E-state index in [1.54, 1.807) is 16.8 Å². The van der Waals surface area contributed by atoms with Crippen LogP contribution in [0.5, 0.6) is 0 Å². The van der Waals surface area contributed by atoms with Gasteiger partial charge in [-0.1, -0.05) is 6.92 Å². The Balaban J connectivity index is 2.23. The topological polar surface area (TPSA) is 71.8 Å². The van der Waals surface area contributed by atoms with Crippen molar-refractivity contribution in [3.8, 4) is 0 Å². The molecule has 0 saturated carbocycles. The van der Waals surface area contributed by atoms with Crippen molar-refractivity contribution in [2.45, 2.75) is 50.8 Å². The zero-order valence-electron chi connectivity index (χ0n) is 12.7. The smallest absolute Gasteiger partial charge is 0.244 e. The van der Waals surface area contributed by atoms with E-state index >= 15 is 0 Å². The molecule has 120 valence electrons. The monoisotopic (exact) mass is 316 g/mol. The van der Waals surface area contributed by atoms with E-state index in [1.807, 2.05) is 13.8 Å². The van der Waals surface area contributed by atoms with Crippen molar-refractivity contribution in [2.24, 2.45) is 0 Å². The molecule has 0 amide bonds. The van der Waals surface area contributed by atoms with Crippen molar-refractivity contribution in [3.05, 3.63) is 18.0 Å². The molecule has 1 aromatic rings. The summed E-state index contributed by atoms with van der Waals surface area (Å²) in [6, 6.07) is 1.55. The molecular formula is C14H24N2O4S. The average Bonchev–Trinajstić information content (AvgIpc) is 3.13. The van der Waals surface area contributed by atoms with E-state index in [0.29, 0.717) is 31.9 Å². The number of sulfonamides is 1. The third-order valence-electron chi connectivity index (χ3n) is 3.89. The predicted octanol–water partition coefficient (Wildman–Crippen LogP) is 1.19.